The highest BCUT2D eigenvalue weighted by Gasteiger charge is 1.99. The molecule has 3 N–H and O–H groups in total. The summed E-state index contributed by atoms with van der Waals surface area (Å²) in [5, 5.41) is 2.84. The SMILES string of the molecule is CCCCNC(=O)CCOCCOCCOCCOCCN. The molecule has 0 aromatic carbocycles. The Morgan fingerprint density at radius 1 is 0.864 bits per heavy atom. The third-order valence-corrected chi connectivity index (χ3v) is 2.70. The number of unbranched alkanes of at least 4 members (excludes halogenated alkanes) is 1. The summed E-state index contributed by atoms with van der Waals surface area (Å²) in [7, 11) is 0. The van der Waals surface area contributed by atoms with Crippen molar-refractivity contribution in [2.75, 3.05) is 65.9 Å². The highest BCUT2D eigenvalue weighted by molar-refractivity contribution is 5.75. The lowest BCUT2D eigenvalue weighted by Gasteiger charge is -2.07. The van der Waals surface area contributed by atoms with E-state index in [2.05, 4.69) is 12.2 Å². The van der Waals surface area contributed by atoms with Gasteiger partial charge in [0.25, 0.3) is 0 Å². The molecule has 22 heavy (non-hydrogen) atoms. The molecule has 0 heterocycles. The predicted octanol–water partition coefficient (Wildman–Crippen LogP) is 0.318. The predicted molar refractivity (Wildman–Crippen MR) is 84.9 cm³/mol. The molecule has 132 valence electrons. The van der Waals surface area contributed by atoms with E-state index in [9.17, 15) is 4.79 Å². The van der Waals surface area contributed by atoms with Crippen molar-refractivity contribution in [2.24, 2.45) is 5.73 Å². The Labute approximate surface area is 133 Å². The molecule has 0 atom stereocenters. The number of ether oxygens (including phenoxy) is 4. The molecule has 0 saturated carbocycles. The van der Waals surface area contributed by atoms with Crippen molar-refractivity contribution in [1.82, 2.24) is 5.32 Å². The van der Waals surface area contributed by atoms with Crippen LogP contribution in [0.5, 0.6) is 0 Å². The first-order chi connectivity index (χ1) is 10.8. The van der Waals surface area contributed by atoms with Gasteiger partial charge in [0.1, 0.15) is 0 Å². The summed E-state index contributed by atoms with van der Waals surface area (Å²) in [5.41, 5.74) is 5.28. The van der Waals surface area contributed by atoms with Gasteiger partial charge in [-0.2, -0.15) is 0 Å². The molecule has 0 aliphatic heterocycles. The highest BCUT2D eigenvalue weighted by atomic mass is 16.6. The maximum Gasteiger partial charge on any atom is 0.222 e. The first-order valence-corrected chi connectivity index (χ1v) is 8.09. The zero-order valence-corrected chi connectivity index (χ0v) is 13.8. The Morgan fingerprint density at radius 2 is 1.36 bits per heavy atom. The first-order valence-electron chi connectivity index (χ1n) is 8.09. The van der Waals surface area contributed by atoms with E-state index in [1.165, 1.54) is 0 Å². The molecule has 0 spiro atoms. The summed E-state index contributed by atoms with van der Waals surface area (Å²) in [6.07, 6.45) is 2.50. The minimum Gasteiger partial charge on any atom is -0.379 e. The van der Waals surface area contributed by atoms with Crippen LogP contribution in [0.4, 0.5) is 0 Å². The smallest absolute Gasteiger partial charge is 0.222 e. The van der Waals surface area contributed by atoms with Crippen LogP contribution in [0, 0.1) is 0 Å². The molecule has 0 aliphatic carbocycles. The van der Waals surface area contributed by atoms with E-state index in [1.54, 1.807) is 0 Å². The van der Waals surface area contributed by atoms with Crippen LogP contribution < -0.4 is 11.1 Å². The fourth-order valence-electron chi connectivity index (χ4n) is 1.50. The second kappa shape index (κ2) is 18.3. The van der Waals surface area contributed by atoms with Gasteiger partial charge in [-0.05, 0) is 6.42 Å². The molecule has 7 nitrogen and oxygen atoms in total. The second-order valence-corrected chi connectivity index (χ2v) is 4.69. The Hall–Kier alpha value is -0.730. The average molecular weight is 320 g/mol. The largest absolute Gasteiger partial charge is 0.379 e. The van der Waals surface area contributed by atoms with Gasteiger partial charge in [-0.1, -0.05) is 13.3 Å². The van der Waals surface area contributed by atoms with Crippen LogP contribution in [0.2, 0.25) is 0 Å². The summed E-state index contributed by atoms with van der Waals surface area (Å²) in [6.45, 7) is 7.52. The number of hydrogen-bond acceptors (Lipinski definition) is 6. The van der Waals surface area contributed by atoms with Gasteiger partial charge in [0.2, 0.25) is 5.91 Å². The quantitative estimate of drug-likeness (QED) is 0.375. The third kappa shape index (κ3) is 17.3. The number of carbonyl (C=O) groups is 1. The molecule has 0 aromatic rings. The molecule has 0 aromatic heterocycles. The summed E-state index contributed by atoms with van der Waals surface area (Å²) in [6, 6.07) is 0. The van der Waals surface area contributed by atoms with Gasteiger partial charge in [-0.15, -0.1) is 0 Å². The zero-order chi connectivity index (χ0) is 16.3. The zero-order valence-electron chi connectivity index (χ0n) is 13.8. The van der Waals surface area contributed by atoms with E-state index in [0.717, 1.165) is 19.4 Å². The lowest BCUT2D eigenvalue weighted by Crippen LogP contribution is -2.25. The minimum atomic E-state index is 0.0413. The van der Waals surface area contributed by atoms with Crippen molar-refractivity contribution >= 4 is 5.91 Å². The van der Waals surface area contributed by atoms with Gasteiger partial charge in [-0.3, -0.25) is 4.79 Å². The van der Waals surface area contributed by atoms with Crippen LogP contribution in [0.3, 0.4) is 0 Å². The van der Waals surface area contributed by atoms with Crippen LogP contribution in [0.1, 0.15) is 26.2 Å². The lowest BCUT2D eigenvalue weighted by atomic mass is 10.3. The monoisotopic (exact) mass is 320 g/mol. The molecule has 0 radical (unpaired) electrons. The van der Waals surface area contributed by atoms with Crippen molar-refractivity contribution in [3.05, 3.63) is 0 Å². The van der Waals surface area contributed by atoms with E-state index in [4.69, 9.17) is 24.7 Å². The van der Waals surface area contributed by atoms with Crippen LogP contribution >= 0.6 is 0 Å². The number of rotatable bonds is 17. The molecule has 0 aliphatic rings. The topological polar surface area (TPSA) is 92.0 Å². The van der Waals surface area contributed by atoms with Gasteiger partial charge in [0, 0.05) is 19.5 Å². The fourth-order valence-corrected chi connectivity index (χ4v) is 1.50. The van der Waals surface area contributed by atoms with E-state index in [1.807, 2.05) is 0 Å². The molecule has 0 fully saturated rings. The van der Waals surface area contributed by atoms with E-state index in [-0.39, 0.29) is 5.91 Å². The lowest BCUT2D eigenvalue weighted by molar-refractivity contribution is -0.122. The van der Waals surface area contributed by atoms with Crippen LogP contribution in [0.25, 0.3) is 0 Å². The highest BCUT2D eigenvalue weighted by Crippen LogP contribution is 1.87. The van der Waals surface area contributed by atoms with Crippen molar-refractivity contribution < 1.29 is 23.7 Å². The molecule has 0 saturated heterocycles. The number of hydrogen-bond donors (Lipinski definition) is 2. The molecular formula is C15H32N2O5. The van der Waals surface area contributed by atoms with Gasteiger partial charge in [-0.25, -0.2) is 0 Å². The second-order valence-electron chi connectivity index (χ2n) is 4.69. The van der Waals surface area contributed by atoms with Crippen LogP contribution in [-0.4, -0.2) is 71.9 Å². The number of amides is 1. The van der Waals surface area contributed by atoms with Gasteiger partial charge >= 0.3 is 0 Å². The molecule has 0 rings (SSSR count). The molecule has 0 bridgehead atoms. The summed E-state index contributed by atoms with van der Waals surface area (Å²) in [5.74, 6) is 0.0413. The normalized spacial score (nSPS) is 10.8. The Balaban J connectivity index is 3.06. The van der Waals surface area contributed by atoms with Crippen molar-refractivity contribution in [1.29, 1.82) is 0 Å². The molecular weight excluding hydrogens is 288 g/mol. The van der Waals surface area contributed by atoms with E-state index in [0.29, 0.717) is 65.8 Å². The Morgan fingerprint density at radius 3 is 1.86 bits per heavy atom. The standard InChI is InChI=1S/C15H32N2O5/c1-2-3-6-17-15(18)4-7-19-9-11-21-13-14-22-12-10-20-8-5-16/h2-14,16H2,1H3,(H,17,18). The van der Waals surface area contributed by atoms with Gasteiger partial charge in [0.15, 0.2) is 0 Å². The maximum absolute atomic E-state index is 11.4. The molecule has 0 unspecified atom stereocenters. The van der Waals surface area contributed by atoms with Crippen molar-refractivity contribution in [3.63, 3.8) is 0 Å². The third-order valence-electron chi connectivity index (χ3n) is 2.70. The van der Waals surface area contributed by atoms with Crippen molar-refractivity contribution in [3.8, 4) is 0 Å². The molecule has 7 heteroatoms. The van der Waals surface area contributed by atoms with Gasteiger partial charge < -0.3 is 30.0 Å². The van der Waals surface area contributed by atoms with Crippen LogP contribution in [-0.2, 0) is 23.7 Å². The maximum atomic E-state index is 11.4. The molecule has 1 amide bonds. The first kappa shape index (κ1) is 21.3. The minimum absolute atomic E-state index is 0.0413. The van der Waals surface area contributed by atoms with E-state index >= 15 is 0 Å². The fraction of sp³-hybridized carbons (Fsp3) is 0.933. The number of nitrogens with one attached hydrogen (secondary N) is 1. The van der Waals surface area contributed by atoms with Gasteiger partial charge in [0.05, 0.1) is 52.9 Å². The Kier molecular flexibility index (Phi) is 17.7. The number of nitrogens with two attached hydrogens (primary N) is 1. The average Bonchev–Trinajstić information content (AvgIpc) is 2.52. The summed E-state index contributed by atoms with van der Waals surface area (Å²) < 4.78 is 21.1. The van der Waals surface area contributed by atoms with Crippen molar-refractivity contribution in [2.45, 2.75) is 26.2 Å². The summed E-state index contributed by atoms with van der Waals surface area (Å²) >= 11 is 0. The summed E-state index contributed by atoms with van der Waals surface area (Å²) in [4.78, 5) is 11.4. The van der Waals surface area contributed by atoms with E-state index < -0.39 is 0 Å². The number of carbonyl (C=O) groups excluding carboxylic acids is 1. The van der Waals surface area contributed by atoms with Crippen LogP contribution in [0.15, 0.2) is 0 Å². The Bertz CT molecular complexity index is 242.